The molecule has 3 aromatic rings. The van der Waals surface area contributed by atoms with Crippen molar-refractivity contribution in [1.82, 2.24) is 0 Å². The Bertz CT molecular complexity index is 877. The number of aldehydes is 1. The van der Waals surface area contributed by atoms with E-state index in [9.17, 15) is 4.79 Å². The molecule has 1 fully saturated rings. The van der Waals surface area contributed by atoms with E-state index >= 15 is 0 Å². The summed E-state index contributed by atoms with van der Waals surface area (Å²) in [6, 6.07) is 12.4. The quantitative estimate of drug-likeness (QED) is 0.506. The monoisotopic (exact) mass is 390 g/mol. The van der Waals surface area contributed by atoms with Gasteiger partial charge in [-0.25, -0.2) is 0 Å². The highest BCUT2D eigenvalue weighted by atomic mass is 32.1. The molecule has 0 aromatic carbocycles. The topological polar surface area (TPSA) is 35.5 Å². The molecule has 3 nitrogen and oxygen atoms in total. The van der Waals surface area contributed by atoms with E-state index in [0.29, 0.717) is 13.2 Å². The van der Waals surface area contributed by atoms with Crippen LogP contribution in [0.15, 0.2) is 36.4 Å². The Labute approximate surface area is 158 Å². The van der Waals surface area contributed by atoms with Gasteiger partial charge >= 0.3 is 0 Å². The number of carbonyl (C=O) groups is 1. The maximum Gasteiger partial charge on any atom is 0.193 e. The summed E-state index contributed by atoms with van der Waals surface area (Å²) in [6.07, 6.45) is 0.651. The minimum atomic E-state index is -0.251. The summed E-state index contributed by atoms with van der Waals surface area (Å²) >= 11 is 4.99. The average molecular weight is 391 g/mol. The Kier molecular flexibility index (Phi) is 4.64. The van der Waals surface area contributed by atoms with Gasteiger partial charge in [0.2, 0.25) is 0 Å². The van der Waals surface area contributed by atoms with Crippen molar-refractivity contribution >= 4 is 40.3 Å². The number of carbonyl (C=O) groups excluding carboxylic acids is 1. The molecule has 25 heavy (non-hydrogen) atoms. The largest absolute Gasteiger partial charge is 0.347 e. The fraction of sp³-hybridized carbons (Fsp3) is 0.316. The van der Waals surface area contributed by atoms with Crippen molar-refractivity contribution in [1.29, 1.82) is 0 Å². The first kappa shape index (κ1) is 17.1. The van der Waals surface area contributed by atoms with Crippen molar-refractivity contribution in [3.8, 4) is 19.5 Å². The number of rotatable bonds is 4. The Balaban J connectivity index is 1.52. The first-order valence-corrected chi connectivity index (χ1v) is 10.5. The van der Waals surface area contributed by atoms with Crippen molar-refractivity contribution in [2.75, 3.05) is 13.2 Å². The van der Waals surface area contributed by atoms with E-state index in [1.165, 1.54) is 26.0 Å². The Morgan fingerprint density at radius 3 is 2.08 bits per heavy atom. The van der Waals surface area contributed by atoms with Crippen LogP contribution in [0.2, 0.25) is 0 Å². The lowest BCUT2D eigenvalue weighted by Crippen LogP contribution is -2.33. The minimum absolute atomic E-state index is 0.0837. The van der Waals surface area contributed by atoms with Crippen LogP contribution in [0.1, 0.15) is 34.7 Å². The van der Waals surface area contributed by atoms with Gasteiger partial charge in [-0.15, -0.1) is 34.0 Å². The van der Waals surface area contributed by atoms with Gasteiger partial charge in [0.1, 0.15) is 0 Å². The van der Waals surface area contributed by atoms with Crippen molar-refractivity contribution in [3.05, 3.63) is 46.2 Å². The molecule has 1 aliphatic heterocycles. The number of thiophene rings is 3. The van der Waals surface area contributed by atoms with Crippen molar-refractivity contribution in [3.63, 3.8) is 0 Å². The Morgan fingerprint density at radius 2 is 1.44 bits per heavy atom. The third-order valence-electron chi connectivity index (χ3n) is 3.94. The molecule has 4 rings (SSSR count). The van der Waals surface area contributed by atoms with Crippen LogP contribution in [-0.4, -0.2) is 19.5 Å². The summed E-state index contributed by atoms with van der Waals surface area (Å²) in [7, 11) is 0. The highest BCUT2D eigenvalue weighted by Gasteiger charge is 2.30. The molecular formula is C19H18O3S3. The zero-order chi connectivity index (χ0) is 17.4. The van der Waals surface area contributed by atoms with E-state index in [4.69, 9.17) is 9.47 Å². The van der Waals surface area contributed by atoms with Crippen LogP contribution >= 0.6 is 34.0 Å². The number of hydrogen-bond donors (Lipinski definition) is 0. The third kappa shape index (κ3) is 3.64. The summed E-state index contributed by atoms with van der Waals surface area (Å²) in [4.78, 5) is 17.5. The predicted molar refractivity (Wildman–Crippen MR) is 105 cm³/mol. The van der Waals surface area contributed by atoms with E-state index < -0.39 is 0 Å². The Morgan fingerprint density at radius 1 is 0.880 bits per heavy atom. The van der Waals surface area contributed by atoms with E-state index in [2.05, 4.69) is 38.1 Å². The van der Waals surface area contributed by atoms with Gasteiger partial charge in [0.15, 0.2) is 12.6 Å². The predicted octanol–water partition coefficient (Wildman–Crippen LogP) is 6.09. The van der Waals surface area contributed by atoms with Crippen molar-refractivity contribution in [2.24, 2.45) is 5.41 Å². The second-order valence-electron chi connectivity index (χ2n) is 6.80. The second kappa shape index (κ2) is 6.78. The lowest BCUT2D eigenvalue weighted by Gasteiger charge is -2.34. The van der Waals surface area contributed by atoms with Gasteiger partial charge in [-0.1, -0.05) is 13.8 Å². The molecule has 0 unspecified atom stereocenters. The molecule has 0 saturated carbocycles. The van der Waals surface area contributed by atoms with E-state index in [-0.39, 0.29) is 11.7 Å². The van der Waals surface area contributed by atoms with Crippen LogP contribution in [0.25, 0.3) is 19.5 Å². The molecule has 0 N–H and O–H groups in total. The molecule has 130 valence electrons. The highest BCUT2D eigenvalue weighted by Crippen LogP contribution is 2.42. The van der Waals surface area contributed by atoms with Crippen LogP contribution in [-0.2, 0) is 9.47 Å². The molecule has 0 bridgehead atoms. The minimum Gasteiger partial charge on any atom is -0.347 e. The van der Waals surface area contributed by atoms with E-state index in [0.717, 1.165) is 20.9 Å². The fourth-order valence-electron chi connectivity index (χ4n) is 2.62. The molecule has 0 spiro atoms. The van der Waals surface area contributed by atoms with Crippen LogP contribution in [0.4, 0.5) is 0 Å². The fourth-order valence-corrected chi connectivity index (χ4v) is 5.64. The molecule has 1 saturated heterocycles. The van der Waals surface area contributed by atoms with Crippen LogP contribution < -0.4 is 0 Å². The summed E-state index contributed by atoms with van der Waals surface area (Å²) in [5, 5.41) is 0. The molecular weight excluding hydrogens is 372 g/mol. The summed E-state index contributed by atoms with van der Waals surface area (Å²) < 4.78 is 11.8. The molecule has 0 amide bonds. The molecule has 6 heteroatoms. The maximum atomic E-state index is 10.9. The second-order valence-corrected chi connectivity index (χ2v) is 10.1. The molecule has 4 heterocycles. The van der Waals surface area contributed by atoms with E-state index in [1.807, 2.05) is 12.1 Å². The van der Waals surface area contributed by atoms with Crippen molar-refractivity contribution in [2.45, 2.75) is 20.1 Å². The van der Waals surface area contributed by atoms with Gasteiger partial charge in [0.25, 0.3) is 0 Å². The van der Waals surface area contributed by atoms with Gasteiger partial charge in [-0.05, 0) is 36.4 Å². The number of hydrogen-bond acceptors (Lipinski definition) is 6. The van der Waals surface area contributed by atoms with Gasteiger partial charge in [0, 0.05) is 24.9 Å². The highest BCUT2D eigenvalue weighted by molar-refractivity contribution is 7.26. The molecule has 1 aliphatic rings. The molecule has 0 radical (unpaired) electrons. The molecule has 0 atom stereocenters. The van der Waals surface area contributed by atoms with Crippen molar-refractivity contribution < 1.29 is 14.3 Å². The number of ether oxygens (including phenoxy) is 2. The van der Waals surface area contributed by atoms with Gasteiger partial charge < -0.3 is 9.47 Å². The van der Waals surface area contributed by atoms with E-state index in [1.54, 1.807) is 22.7 Å². The first-order valence-electron chi connectivity index (χ1n) is 8.03. The molecule has 3 aromatic heterocycles. The average Bonchev–Trinajstić information content (AvgIpc) is 3.33. The smallest absolute Gasteiger partial charge is 0.193 e. The summed E-state index contributed by atoms with van der Waals surface area (Å²) in [6.45, 7) is 5.73. The summed E-state index contributed by atoms with van der Waals surface area (Å²) in [5.74, 6) is 0. The Hall–Kier alpha value is -1.31. The lowest BCUT2D eigenvalue weighted by molar-refractivity contribution is -0.224. The van der Waals surface area contributed by atoms with Crippen LogP contribution in [0.5, 0.6) is 0 Å². The van der Waals surface area contributed by atoms with Gasteiger partial charge in [0.05, 0.1) is 23.0 Å². The SMILES string of the molecule is CC1(C)COC(c2ccc(-c3ccc(-c4ccc(C=O)s4)s3)s2)OC1. The van der Waals surface area contributed by atoms with Crippen LogP contribution in [0.3, 0.4) is 0 Å². The summed E-state index contributed by atoms with van der Waals surface area (Å²) in [5.41, 5.74) is 0.0837. The van der Waals surface area contributed by atoms with Crippen LogP contribution in [0, 0.1) is 5.41 Å². The maximum absolute atomic E-state index is 10.9. The lowest BCUT2D eigenvalue weighted by atomic mass is 9.96. The zero-order valence-corrected chi connectivity index (χ0v) is 16.4. The molecule has 0 aliphatic carbocycles. The van der Waals surface area contributed by atoms with Gasteiger partial charge in [-0.2, -0.15) is 0 Å². The normalized spacial score (nSPS) is 17.7. The van der Waals surface area contributed by atoms with Gasteiger partial charge in [-0.3, -0.25) is 4.79 Å². The standard InChI is InChI=1S/C19H18O3S3/c1-19(2)10-21-18(22-11-19)17-8-7-16(25-17)15-6-5-14(24-15)13-4-3-12(9-20)23-13/h3-9,18H,10-11H2,1-2H3. The first-order chi connectivity index (χ1) is 12.0. The zero-order valence-electron chi connectivity index (χ0n) is 14.0. The third-order valence-corrected chi connectivity index (χ3v) is 7.54.